The maximum atomic E-state index is 5.47. The Labute approximate surface area is 105 Å². The average molecular weight is 289 g/mol. The molecule has 0 N–H and O–H groups in total. The van der Waals surface area contributed by atoms with Gasteiger partial charge in [0.1, 0.15) is 0 Å². The molecule has 1 aromatic carbocycles. The molecule has 0 spiro atoms. The first-order valence-corrected chi connectivity index (χ1v) is 7.07. The summed E-state index contributed by atoms with van der Waals surface area (Å²) >= 11 is 5.38. The van der Waals surface area contributed by atoms with Crippen LogP contribution in [0.3, 0.4) is 0 Å². The third-order valence-electron chi connectivity index (χ3n) is 1.84. The van der Waals surface area contributed by atoms with Gasteiger partial charge in [-0.15, -0.1) is 0 Å². The van der Waals surface area contributed by atoms with Gasteiger partial charge >= 0.3 is 0 Å². The van der Waals surface area contributed by atoms with Gasteiger partial charge < -0.3 is 4.74 Å². The lowest BCUT2D eigenvalue weighted by atomic mass is 10.2. The highest BCUT2D eigenvalue weighted by atomic mass is 79.9. The predicted octanol–water partition coefficient (Wildman–Crippen LogP) is 4.11. The fourth-order valence-corrected chi connectivity index (χ4v) is 2.38. The summed E-state index contributed by atoms with van der Waals surface area (Å²) in [6, 6.07) is 8.44. The first-order valence-electron chi connectivity index (χ1n) is 5.12. The van der Waals surface area contributed by atoms with Crippen molar-refractivity contribution >= 4 is 27.7 Å². The number of ether oxygens (including phenoxy) is 1. The van der Waals surface area contributed by atoms with Gasteiger partial charge in [0.05, 0.1) is 12.7 Å². The maximum absolute atomic E-state index is 5.47. The molecule has 0 fully saturated rings. The molecule has 1 rings (SSSR count). The molecule has 84 valence electrons. The van der Waals surface area contributed by atoms with Crippen molar-refractivity contribution in [3.8, 4) is 0 Å². The summed E-state index contributed by atoms with van der Waals surface area (Å²) in [6.07, 6.45) is 0.344. The maximum Gasteiger partial charge on any atom is 0.0560 e. The Kier molecular flexibility index (Phi) is 6.37. The van der Waals surface area contributed by atoms with E-state index in [1.54, 1.807) is 0 Å². The Hall–Kier alpha value is 0.01000. The average Bonchev–Trinajstić information content (AvgIpc) is 2.17. The van der Waals surface area contributed by atoms with Gasteiger partial charge in [0.25, 0.3) is 0 Å². The third-order valence-corrected chi connectivity index (χ3v) is 3.32. The molecule has 0 amide bonds. The van der Waals surface area contributed by atoms with Gasteiger partial charge in [0.15, 0.2) is 0 Å². The van der Waals surface area contributed by atoms with E-state index >= 15 is 0 Å². The molecule has 0 radical (unpaired) electrons. The second-order valence-corrected chi connectivity index (χ2v) is 5.62. The van der Waals surface area contributed by atoms with Crippen LogP contribution in [0.25, 0.3) is 0 Å². The Balaban J connectivity index is 2.15. The lowest BCUT2D eigenvalue weighted by Crippen LogP contribution is -2.05. The molecule has 0 saturated heterocycles. The predicted molar refractivity (Wildman–Crippen MR) is 71.4 cm³/mol. The van der Waals surface area contributed by atoms with Crippen molar-refractivity contribution in [3.05, 3.63) is 34.3 Å². The molecule has 0 atom stereocenters. The van der Waals surface area contributed by atoms with Crippen molar-refractivity contribution < 1.29 is 4.74 Å². The fraction of sp³-hybridized carbons (Fsp3) is 0.500. The van der Waals surface area contributed by atoms with E-state index in [4.69, 9.17) is 4.74 Å². The molecule has 0 heterocycles. The second-order valence-electron chi connectivity index (χ2n) is 3.60. The number of hydrogen-bond donors (Lipinski definition) is 0. The fourth-order valence-electron chi connectivity index (χ4n) is 1.16. The highest BCUT2D eigenvalue weighted by Gasteiger charge is 1.96. The zero-order valence-electron chi connectivity index (χ0n) is 9.20. The summed E-state index contributed by atoms with van der Waals surface area (Å²) in [7, 11) is 0. The van der Waals surface area contributed by atoms with Crippen molar-refractivity contribution in [1.29, 1.82) is 0 Å². The van der Waals surface area contributed by atoms with Gasteiger partial charge in [0.2, 0.25) is 0 Å². The molecule has 0 aliphatic rings. The standard InChI is InChI=1S/C12H17BrOS/c1-10(2)14-6-7-15-9-11-4-3-5-12(13)8-11/h3-5,8,10H,6-7,9H2,1-2H3. The topological polar surface area (TPSA) is 9.23 Å². The van der Waals surface area contributed by atoms with Crippen molar-refractivity contribution in [2.24, 2.45) is 0 Å². The molecule has 1 nitrogen and oxygen atoms in total. The van der Waals surface area contributed by atoms with Gasteiger partial charge in [-0.05, 0) is 31.5 Å². The SMILES string of the molecule is CC(C)OCCSCc1cccc(Br)c1. The van der Waals surface area contributed by atoms with E-state index in [1.807, 2.05) is 11.8 Å². The molecule has 0 aliphatic heterocycles. The van der Waals surface area contributed by atoms with Crippen LogP contribution in [-0.4, -0.2) is 18.5 Å². The van der Waals surface area contributed by atoms with Crippen LogP contribution in [0.15, 0.2) is 28.7 Å². The van der Waals surface area contributed by atoms with E-state index in [2.05, 4.69) is 54.0 Å². The molecule has 15 heavy (non-hydrogen) atoms. The van der Waals surface area contributed by atoms with Crippen molar-refractivity contribution in [2.45, 2.75) is 25.7 Å². The van der Waals surface area contributed by atoms with E-state index in [9.17, 15) is 0 Å². The largest absolute Gasteiger partial charge is 0.378 e. The normalized spacial score (nSPS) is 10.9. The summed E-state index contributed by atoms with van der Waals surface area (Å²) < 4.78 is 6.63. The molecule has 0 bridgehead atoms. The Morgan fingerprint density at radius 1 is 1.40 bits per heavy atom. The number of thioether (sulfide) groups is 1. The first kappa shape index (κ1) is 13.1. The molecule has 1 aromatic rings. The number of halogens is 1. The van der Waals surface area contributed by atoms with Crippen LogP contribution in [0.4, 0.5) is 0 Å². The van der Waals surface area contributed by atoms with Gasteiger partial charge in [-0.25, -0.2) is 0 Å². The van der Waals surface area contributed by atoms with Gasteiger partial charge in [-0.3, -0.25) is 0 Å². The van der Waals surface area contributed by atoms with E-state index in [0.717, 1.165) is 22.6 Å². The van der Waals surface area contributed by atoms with E-state index in [1.165, 1.54) is 5.56 Å². The molecular formula is C12H17BrOS. The van der Waals surface area contributed by atoms with Gasteiger partial charge in [-0.2, -0.15) is 11.8 Å². The summed E-state index contributed by atoms with van der Waals surface area (Å²) in [5, 5.41) is 0. The third kappa shape index (κ3) is 6.23. The van der Waals surface area contributed by atoms with Gasteiger partial charge in [-0.1, -0.05) is 28.1 Å². The number of benzene rings is 1. The van der Waals surface area contributed by atoms with Crippen molar-refractivity contribution in [1.82, 2.24) is 0 Å². The Bertz CT molecular complexity index is 289. The highest BCUT2D eigenvalue weighted by molar-refractivity contribution is 9.10. The molecule has 0 aliphatic carbocycles. The monoisotopic (exact) mass is 288 g/mol. The summed E-state index contributed by atoms with van der Waals surface area (Å²) in [5.41, 5.74) is 1.36. The van der Waals surface area contributed by atoms with Crippen LogP contribution in [0.5, 0.6) is 0 Å². The second kappa shape index (κ2) is 7.31. The zero-order valence-corrected chi connectivity index (χ0v) is 11.6. The number of rotatable bonds is 6. The molecular weight excluding hydrogens is 272 g/mol. The quantitative estimate of drug-likeness (QED) is 0.729. The summed E-state index contributed by atoms with van der Waals surface area (Å²) in [4.78, 5) is 0. The minimum Gasteiger partial charge on any atom is -0.378 e. The molecule has 0 aromatic heterocycles. The smallest absolute Gasteiger partial charge is 0.0560 e. The summed E-state index contributed by atoms with van der Waals surface area (Å²) in [5.74, 6) is 2.12. The molecule has 0 saturated carbocycles. The van der Waals surface area contributed by atoms with Crippen LogP contribution in [-0.2, 0) is 10.5 Å². The zero-order chi connectivity index (χ0) is 11.1. The van der Waals surface area contributed by atoms with Crippen LogP contribution < -0.4 is 0 Å². The highest BCUT2D eigenvalue weighted by Crippen LogP contribution is 2.16. The minimum absolute atomic E-state index is 0.344. The van der Waals surface area contributed by atoms with Crippen molar-refractivity contribution in [3.63, 3.8) is 0 Å². The van der Waals surface area contributed by atoms with E-state index < -0.39 is 0 Å². The Morgan fingerprint density at radius 2 is 2.20 bits per heavy atom. The first-order chi connectivity index (χ1) is 7.18. The Morgan fingerprint density at radius 3 is 2.87 bits per heavy atom. The molecule has 3 heteroatoms. The lowest BCUT2D eigenvalue weighted by Gasteiger charge is -2.07. The lowest BCUT2D eigenvalue weighted by molar-refractivity contribution is 0.0920. The molecule has 0 unspecified atom stereocenters. The van der Waals surface area contributed by atoms with E-state index in [-0.39, 0.29) is 0 Å². The van der Waals surface area contributed by atoms with Crippen LogP contribution >= 0.6 is 27.7 Å². The van der Waals surface area contributed by atoms with Crippen LogP contribution in [0, 0.1) is 0 Å². The van der Waals surface area contributed by atoms with Crippen LogP contribution in [0.2, 0.25) is 0 Å². The van der Waals surface area contributed by atoms with Gasteiger partial charge in [0, 0.05) is 16.0 Å². The van der Waals surface area contributed by atoms with Crippen LogP contribution in [0.1, 0.15) is 19.4 Å². The minimum atomic E-state index is 0.344. The summed E-state index contributed by atoms with van der Waals surface area (Å²) in [6.45, 7) is 4.98. The van der Waals surface area contributed by atoms with Crippen molar-refractivity contribution in [2.75, 3.05) is 12.4 Å². The van der Waals surface area contributed by atoms with E-state index in [0.29, 0.717) is 6.10 Å². The number of hydrogen-bond acceptors (Lipinski definition) is 2.